The molecule has 0 amide bonds. The van der Waals surface area contributed by atoms with Crippen LogP contribution in [0.1, 0.15) is 36.3 Å². The molecule has 1 aromatic rings. The van der Waals surface area contributed by atoms with Gasteiger partial charge in [0.2, 0.25) is 5.82 Å². The number of piperidine rings is 1. The fourth-order valence-electron chi connectivity index (χ4n) is 3.59. The van der Waals surface area contributed by atoms with Crippen LogP contribution >= 0.6 is 0 Å². The number of methoxy groups -OCH3 is 1. The van der Waals surface area contributed by atoms with Crippen molar-refractivity contribution in [3.63, 3.8) is 0 Å². The lowest BCUT2D eigenvalue weighted by molar-refractivity contribution is 0.0587. The number of hydrogen-bond acceptors (Lipinski definition) is 6. The Kier molecular flexibility index (Phi) is 4.05. The average Bonchev–Trinajstić information content (AvgIpc) is 2.74. The molecule has 3 rings (SSSR count). The summed E-state index contributed by atoms with van der Waals surface area (Å²) in [6, 6.07) is 3.27. The van der Waals surface area contributed by atoms with Crippen LogP contribution in [-0.4, -0.2) is 53.6 Å². The molecule has 6 nitrogen and oxygen atoms in total. The molecule has 0 spiro atoms. The first kappa shape index (κ1) is 14.3. The number of carbonyl (C=O) groups is 1. The van der Waals surface area contributed by atoms with Crippen LogP contribution in [0.15, 0.2) is 12.3 Å². The summed E-state index contributed by atoms with van der Waals surface area (Å²) in [5.41, 5.74) is 0. The fourth-order valence-corrected chi connectivity index (χ4v) is 3.59. The number of hydrogen-bond donors (Lipinski definition) is 1. The molecule has 2 fully saturated rings. The molecule has 2 atom stereocenters. The molecule has 6 heteroatoms. The number of esters is 1. The molecule has 1 aromatic heterocycles. The van der Waals surface area contributed by atoms with Gasteiger partial charge in [0, 0.05) is 24.8 Å². The van der Waals surface area contributed by atoms with E-state index in [4.69, 9.17) is 0 Å². The van der Waals surface area contributed by atoms with Crippen LogP contribution in [0, 0.1) is 5.92 Å². The number of nitrogens with one attached hydrogen (secondary N) is 1. The number of fused-ring (bicyclic) bond motifs is 2. The van der Waals surface area contributed by atoms with Gasteiger partial charge >= 0.3 is 5.97 Å². The summed E-state index contributed by atoms with van der Waals surface area (Å²) in [7, 11) is 3.58. The number of rotatable bonds is 4. The standard InChI is InChI=1S/C15H22N4O2/c1-19-11-3-4-12(19)8-10(7-11)9-17-13-5-6-16-14(18-13)15(20)21-2/h5-6,10-12H,3-4,7-9H2,1-2H3,(H,16,17,18). The van der Waals surface area contributed by atoms with Crippen molar-refractivity contribution >= 4 is 11.8 Å². The zero-order valence-corrected chi connectivity index (χ0v) is 12.6. The topological polar surface area (TPSA) is 67.3 Å². The van der Waals surface area contributed by atoms with Gasteiger partial charge in [-0.05, 0) is 44.7 Å². The Morgan fingerprint density at radius 2 is 2.14 bits per heavy atom. The zero-order chi connectivity index (χ0) is 14.8. The van der Waals surface area contributed by atoms with Crippen LogP contribution in [0.3, 0.4) is 0 Å². The molecular formula is C15H22N4O2. The van der Waals surface area contributed by atoms with Crippen LogP contribution in [0.5, 0.6) is 0 Å². The van der Waals surface area contributed by atoms with Crippen LogP contribution in [-0.2, 0) is 4.74 Å². The van der Waals surface area contributed by atoms with E-state index in [1.165, 1.54) is 32.8 Å². The highest BCUT2D eigenvalue weighted by Gasteiger charge is 2.38. The third kappa shape index (κ3) is 3.00. The predicted molar refractivity (Wildman–Crippen MR) is 79.2 cm³/mol. The van der Waals surface area contributed by atoms with Crippen molar-refractivity contribution in [2.24, 2.45) is 5.92 Å². The molecule has 114 valence electrons. The lowest BCUT2D eigenvalue weighted by atomic mass is 9.91. The SMILES string of the molecule is COC(=O)c1nccc(NCC2CC3CCC(C2)N3C)n1. The number of ether oxygens (including phenoxy) is 1. The van der Waals surface area contributed by atoms with Gasteiger partial charge < -0.3 is 15.0 Å². The average molecular weight is 290 g/mol. The Hall–Kier alpha value is -1.69. The zero-order valence-electron chi connectivity index (χ0n) is 12.6. The van der Waals surface area contributed by atoms with Gasteiger partial charge in [0.1, 0.15) is 5.82 Å². The maximum atomic E-state index is 11.4. The summed E-state index contributed by atoms with van der Waals surface area (Å²) >= 11 is 0. The summed E-state index contributed by atoms with van der Waals surface area (Å²) in [5.74, 6) is 0.967. The van der Waals surface area contributed by atoms with E-state index in [0.29, 0.717) is 11.7 Å². The van der Waals surface area contributed by atoms with Crippen molar-refractivity contribution in [3.8, 4) is 0 Å². The smallest absolute Gasteiger partial charge is 0.376 e. The van der Waals surface area contributed by atoms with E-state index in [2.05, 4.69) is 32.0 Å². The highest BCUT2D eigenvalue weighted by Crippen LogP contribution is 2.37. The molecule has 1 N–H and O–H groups in total. The first-order chi connectivity index (χ1) is 10.2. The normalized spacial score (nSPS) is 28.4. The summed E-state index contributed by atoms with van der Waals surface area (Å²) in [6.45, 7) is 0.901. The van der Waals surface area contributed by atoms with Crippen molar-refractivity contribution in [1.82, 2.24) is 14.9 Å². The minimum Gasteiger partial charge on any atom is -0.463 e. The Morgan fingerprint density at radius 3 is 2.81 bits per heavy atom. The first-order valence-electron chi connectivity index (χ1n) is 7.54. The number of aromatic nitrogens is 2. The third-order valence-corrected chi connectivity index (χ3v) is 4.79. The number of carbonyl (C=O) groups excluding carboxylic acids is 1. The van der Waals surface area contributed by atoms with Crippen molar-refractivity contribution in [2.75, 3.05) is 26.0 Å². The van der Waals surface area contributed by atoms with E-state index in [1.54, 1.807) is 12.3 Å². The van der Waals surface area contributed by atoms with E-state index in [-0.39, 0.29) is 5.82 Å². The summed E-state index contributed by atoms with van der Waals surface area (Å²) < 4.78 is 4.64. The van der Waals surface area contributed by atoms with Crippen molar-refractivity contribution in [2.45, 2.75) is 37.8 Å². The molecule has 2 bridgehead atoms. The minimum absolute atomic E-state index is 0.103. The van der Waals surface area contributed by atoms with Gasteiger partial charge in [0.25, 0.3) is 0 Å². The molecule has 2 aliphatic heterocycles. The maximum Gasteiger partial charge on any atom is 0.376 e. The molecule has 0 aliphatic carbocycles. The largest absolute Gasteiger partial charge is 0.463 e. The van der Waals surface area contributed by atoms with Gasteiger partial charge in [-0.25, -0.2) is 14.8 Å². The summed E-state index contributed by atoms with van der Waals surface area (Å²) in [5, 5.41) is 3.34. The van der Waals surface area contributed by atoms with Crippen LogP contribution in [0.4, 0.5) is 5.82 Å². The lowest BCUT2D eigenvalue weighted by Crippen LogP contribution is -2.41. The monoisotopic (exact) mass is 290 g/mol. The molecular weight excluding hydrogens is 268 g/mol. The Morgan fingerprint density at radius 1 is 1.43 bits per heavy atom. The minimum atomic E-state index is -0.504. The Labute approximate surface area is 124 Å². The molecule has 0 saturated carbocycles. The fraction of sp³-hybridized carbons (Fsp3) is 0.667. The van der Waals surface area contributed by atoms with E-state index < -0.39 is 5.97 Å². The van der Waals surface area contributed by atoms with E-state index in [1.807, 2.05) is 0 Å². The van der Waals surface area contributed by atoms with E-state index >= 15 is 0 Å². The number of anilines is 1. The molecule has 2 aliphatic rings. The first-order valence-corrected chi connectivity index (χ1v) is 7.54. The lowest BCUT2D eigenvalue weighted by Gasteiger charge is -2.36. The number of nitrogens with zero attached hydrogens (tertiary/aromatic N) is 3. The van der Waals surface area contributed by atoms with Gasteiger partial charge in [-0.15, -0.1) is 0 Å². The van der Waals surface area contributed by atoms with E-state index in [0.717, 1.165) is 18.6 Å². The quantitative estimate of drug-likeness (QED) is 0.849. The molecule has 2 unspecified atom stereocenters. The second kappa shape index (κ2) is 5.97. The van der Waals surface area contributed by atoms with Gasteiger partial charge in [0.05, 0.1) is 7.11 Å². The Bertz CT molecular complexity index is 508. The van der Waals surface area contributed by atoms with E-state index in [9.17, 15) is 4.79 Å². The highest BCUT2D eigenvalue weighted by molar-refractivity contribution is 5.85. The second-order valence-corrected chi connectivity index (χ2v) is 6.03. The van der Waals surface area contributed by atoms with Crippen LogP contribution in [0.25, 0.3) is 0 Å². The molecule has 21 heavy (non-hydrogen) atoms. The van der Waals surface area contributed by atoms with Gasteiger partial charge in [0.15, 0.2) is 0 Å². The van der Waals surface area contributed by atoms with Crippen molar-refractivity contribution in [1.29, 1.82) is 0 Å². The Balaban J connectivity index is 1.57. The molecule has 0 aromatic carbocycles. The highest BCUT2D eigenvalue weighted by atomic mass is 16.5. The maximum absolute atomic E-state index is 11.4. The molecule has 0 radical (unpaired) electrons. The molecule has 3 heterocycles. The summed E-state index contributed by atoms with van der Waals surface area (Å²) in [6.07, 6.45) is 6.74. The van der Waals surface area contributed by atoms with Gasteiger partial charge in [-0.3, -0.25) is 0 Å². The second-order valence-electron chi connectivity index (χ2n) is 6.03. The molecule has 2 saturated heterocycles. The van der Waals surface area contributed by atoms with Crippen molar-refractivity contribution in [3.05, 3.63) is 18.1 Å². The predicted octanol–water partition coefficient (Wildman–Crippen LogP) is 1.55. The third-order valence-electron chi connectivity index (χ3n) is 4.79. The van der Waals surface area contributed by atoms with Crippen LogP contribution in [0.2, 0.25) is 0 Å². The van der Waals surface area contributed by atoms with Gasteiger partial charge in [-0.2, -0.15) is 0 Å². The van der Waals surface area contributed by atoms with Crippen LogP contribution < -0.4 is 5.32 Å². The summed E-state index contributed by atoms with van der Waals surface area (Å²) in [4.78, 5) is 22.1. The van der Waals surface area contributed by atoms with Crippen molar-refractivity contribution < 1.29 is 9.53 Å². The van der Waals surface area contributed by atoms with Gasteiger partial charge in [-0.1, -0.05) is 0 Å².